The van der Waals surface area contributed by atoms with Gasteiger partial charge in [-0.25, -0.2) is 0 Å². The van der Waals surface area contributed by atoms with E-state index in [9.17, 15) is 4.79 Å². The Kier molecular flexibility index (Phi) is 5.01. The largest absolute Gasteiger partial charge is 0.341 e. The molecule has 0 radical (unpaired) electrons. The maximum Gasteiger partial charge on any atom is 0.239 e. The van der Waals surface area contributed by atoms with E-state index in [1.807, 2.05) is 11.8 Å². The molecule has 4 nitrogen and oxygen atoms in total. The van der Waals surface area contributed by atoms with E-state index in [2.05, 4.69) is 17.3 Å². The van der Waals surface area contributed by atoms with Gasteiger partial charge in [-0.3, -0.25) is 4.79 Å². The fourth-order valence-electron chi connectivity index (χ4n) is 2.63. The van der Waals surface area contributed by atoms with Gasteiger partial charge in [-0.1, -0.05) is 0 Å². The number of amides is 1. The number of likely N-dealkylation sites (tertiary alicyclic amines) is 1. The lowest BCUT2D eigenvalue weighted by molar-refractivity contribution is -0.133. The van der Waals surface area contributed by atoms with Gasteiger partial charge in [0.25, 0.3) is 0 Å². The molecule has 18 heavy (non-hydrogen) atoms. The van der Waals surface area contributed by atoms with E-state index >= 15 is 0 Å². The molecule has 0 aromatic rings. The van der Waals surface area contributed by atoms with Crippen molar-refractivity contribution < 1.29 is 4.79 Å². The lowest BCUT2D eigenvalue weighted by atomic mass is 10.1. The molecule has 2 rings (SSSR count). The zero-order chi connectivity index (χ0) is 13.0. The Morgan fingerprint density at radius 3 is 2.61 bits per heavy atom. The van der Waals surface area contributed by atoms with Crippen LogP contribution in [0, 0.1) is 0 Å². The Bertz CT molecular complexity index is 272. The van der Waals surface area contributed by atoms with E-state index in [0.29, 0.717) is 0 Å². The fourth-order valence-corrected chi connectivity index (χ4v) is 2.63. The molecule has 1 unspecified atom stereocenters. The molecule has 1 aliphatic carbocycles. The average Bonchev–Trinajstić information content (AvgIpc) is 3.23. The number of carbonyl (C=O) groups is 1. The minimum absolute atomic E-state index is 0.0318. The molecule has 0 aromatic heterocycles. The third-order valence-electron chi connectivity index (χ3n) is 4.12. The molecule has 1 saturated heterocycles. The number of hydrogen-bond donors (Lipinski definition) is 1. The van der Waals surface area contributed by atoms with Gasteiger partial charge in [0, 0.05) is 32.2 Å². The summed E-state index contributed by atoms with van der Waals surface area (Å²) in [6.07, 6.45) is 6.31. The first-order valence-electron chi connectivity index (χ1n) is 7.41. The lowest BCUT2D eigenvalue weighted by Gasteiger charge is -2.29. The van der Waals surface area contributed by atoms with Gasteiger partial charge in [-0.15, -0.1) is 0 Å². The van der Waals surface area contributed by atoms with Crippen LogP contribution in [0.5, 0.6) is 0 Å². The molecule has 2 aliphatic rings. The van der Waals surface area contributed by atoms with Crippen LogP contribution in [0.4, 0.5) is 0 Å². The summed E-state index contributed by atoms with van der Waals surface area (Å²) in [6.45, 7) is 5.85. The van der Waals surface area contributed by atoms with Crippen LogP contribution in [0.1, 0.15) is 39.0 Å². The fraction of sp³-hybridized carbons (Fsp3) is 0.929. The molecular formula is C14H27N3O. The van der Waals surface area contributed by atoms with E-state index in [0.717, 1.165) is 32.2 Å². The summed E-state index contributed by atoms with van der Waals surface area (Å²) in [7, 11) is 2.18. The normalized spacial score (nSPS) is 22.3. The highest BCUT2D eigenvalue weighted by molar-refractivity contribution is 5.81. The standard InChI is InChI=1S/C14H27N3O/c1-12(14(18)17-9-4-3-5-10-17)15-8-11-16(2)13-6-7-13/h12-13,15H,3-11H2,1-2H3. The molecule has 104 valence electrons. The molecule has 1 amide bonds. The molecule has 0 spiro atoms. The monoisotopic (exact) mass is 253 g/mol. The second-order valence-corrected chi connectivity index (χ2v) is 5.77. The average molecular weight is 253 g/mol. The molecular weight excluding hydrogens is 226 g/mol. The van der Waals surface area contributed by atoms with Crippen LogP contribution in [0.3, 0.4) is 0 Å². The molecule has 2 fully saturated rings. The van der Waals surface area contributed by atoms with E-state index in [4.69, 9.17) is 0 Å². The number of nitrogens with zero attached hydrogens (tertiary/aromatic N) is 2. The van der Waals surface area contributed by atoms with Crippen LogP contribution >= 0.6 is 0 Å². The van der Waals surface area contributed by atoms with Gasteiger partial charge < -0.3 is 15.1 Å². The lowest BCUT2D eigenvalue weighted by Crippen LogP contribution is -2.48. The van der Waals surface area contributed by atoms with Crippen molar-refractivity contribution in [1.29, 1.82) is 0 Å². The van der Waals surface area contributed by atoms with Crippen LogP contribution in [0.25, 0.3) is 0 Å². The Balaban J connectivity index is 1.63. The Hall–Kier alpha value is -0.610. The Morgan fingerprint density at radius 1 is 1.33 bits per heavy atom. The van der Waals surface area contributed by atoms with Gasteiger partial charge in [0.05, 0.1) is 6.04 Å². The van der Waals surface area contributed by atoms with Crippen molar-refractivity contribution in [3.8, 4) is 0 Å². The number of nitrogens with one attached hydrogen (secondary N) is 1. The predicted molar refractivity (Wildman–Crippen MR) is 73.5 cm³/mol. The first-order chi connectivity index (χ1) is 8.68. The number of piperidine rings is 1. The SMILES string of the molecule is CC(NCCN(C)C1CC1)C(=O)N1CCCCC1. The van der Waals surface area contributed by atoms with E-state index in [1.165, 1.54) is 32.1 Å². The number of rotatable bonds is 6. The van der Waals surface area contributed by atoms with Crippen molar-refractivity contribution in [2.45, 2.75) is 51.1 Å². The zero-order valence-electron chi connectivity index (χ0n) is 11.8. The second kappa shape index (κ2) is 6.53. The minimum Gasteiger partial charge on any atom is -0.341 e. The maximum atomic E-state index is 12.2. The molecule has 1 heterocycles. The van der Waals surface area contributed by atoms with Crippen molar-refractivity contribution in [2.75, 3.05) is 33.2 Å². The molecule has 1 aliphatic heterocycles. The van der Waals surface area contributed by atoms with Gasteiger partial charge in [0.15, 0.2) is 0 Å². The first kappa shape index (κ1) is 13.8. The van der Waals surface area contributed by atoms with Crippen molar-refractivity contribution >= 4 is 5.91 Å². The highest BCUT2D eigenvalue weighted by Crippen LogP contribution is 2.24. The Morgan fingerprint density at radius 2 is 2.00 bits per heavy atom. The molecule has 4 heteroatoms. The van der Waals surface area contributed by atoms with Crippen molar-refractivity contribution in [3.05, 3.63) is 0 Å². The quantitative estimate of drug-likeness (QED) is 0.769. The van der Waals surface area contributed by atoms with Crippen molar-refractivity contribution in [2.24, 2.45) is 0 Å². The number of likely N-dealkylation sites (N-methyl/N-ethyl adjacent to an activating group) is 1. The van der Waals surface area contributed by atoms with Crippen LogP contribution < -0.4 is 5.32 Å². The summed E-state index contributed by atoms with van der Waals surface area (Å²) >= 11 is 0. The van der Waals surface area contributed by atoms with Gasteiger partial charge in [0.2, 0.25) is 5.91 Å². The second-order valence-electron chi connectivity index (χ2n) is 5.77. The highest BCUT2D eigenvalue weighted by atomic mass is 16.2. The Labute approximate surface area is 111 Å². The van der Waals surface area contributed by atoms with Crippen molar-refractivity contribution in [1.82, 2.24) is 15.1 Å². The van der Waals surface area contributed by atoms with Gasteiger partial charge in [0.1, 0.15) is 0 Å². The maximum absolute atomic E-state index is 12.2. The summed E-state index contributed by atoms with van der Waals surface area (Å²) in [5.74, 6) is 0.281. The topological polar surface area (TPSA) is 35.6 Å². The summed E-state index contributed by atoms with van der Waals surface area (Å²) in [6, 6.07) is 0.774. The van der Waals surface area contributed by atoms with E-state index in [-0.39, 0.29) is 11.9 Å². The summed E-state index contributed by atoms with van der Waals surface area (Å²) in [5, 5.41) is 3.36. The molecule has 0 bridgehead atoms. The smallest absolute Gasteiger partial charge is 0.239 e. The third-order valence-corrected chi connectivity index (χ3v) is 4.12. The minimum atomic E-state index is -0.0318. The summed E-state index contributed by atoms with van der Waals surface area (Å²) in [4.78, 5) is 16.6. The third kappa shape index (κ3) is 3.95. The van der Waals surface area contributed by atoms with Crippen LogP contribution in [0.15, 0.2) is 0 Å². The van der Waals surface area contributed by atoms with E-state index in [1.54, 1.807) is 0 Å². The molecule has 1 N–H and O–H groups in total. The van der Waals surface area contributed by atoms with Gasteiger partial charge in [-0.05, 0) is 46.1 Å². The van der Waals surface area contributed by atoms with Crippen LogP contribution in [-0.4, -0.2) is 61.0 Å². The van der Waals surface area contributed by atoms with Crippen LogP contribution in [-0.2, 0) is 4.79 Å². The van der Waals surface area contributed by atoms with Crippen molar-refractivity contribution in [3.63, 3.8) is 0 Å². The van der Waals surface area contributed by atoms with Gasteiger partial charge in [-0.2, -0.15) is 0 Å². The summed E-state index contributed by atoms with van der Waals surface area (Å²) < 4.78 is 0. The van der Waals surface area contributed by atoms with Gasteiger partial charge >= 0.3 is 0 Å². The number of hydrogen-bond acceptors (Lipinski definition) is 3. The zero-order valence-corrected chi connectivity index (χ0v) is 11.8. The molecule has 1 saturated carbocycles. The highest BCUT2D eigenvalue weighted by Gasteiger charge is 2.26. The number of carbonyl (C=O) groups excluding carboxylic acids is 1. The first-order valence-corrected chi connectivity index (χ1v) is 7.41. The predicted octanol–water partition coefficient (Wildman–Crippen LogP) is 1.07. The van der Waals surface area contributed by atoms with Crippen LogP contribution in [0.2, 0.25) is 0 Å². The molecule has 1 atom stereocenters. The summed E-state index contributed by atoms with van der Waals surface area (Å²) in [5.41, 5.74) is 0. The molecule has 0 aromatic carbocycles. The van der Waals surface area contributed by atoms with E-state index < -0.39 is 0 Å².